The molecule has 1 nitrogen and oxygen atoms in total. The Labute approximate surface area is 128 Å². The largest absolute Gasteiger partial charge is 0.312 e. The van der Waals surface area contributed by atoms with Crippen molar-refractivity contribution in [1.29, 1.82) is 0 Å². The van der Waals surface area contributed by atoms with Gasteiger partial charge in [0.05, 0.1) is 5.68 Å². The maximum atomic E-state index is 11.1. The molecular formula is C18H36BO. The van der Waals surface area contributed by atoms with E-state index in [9.17, 15) is 4.79 Å². The minimum atomic E-state index is 0.241. The lowest BCUT2D eigenvalue weighted by Crippen LogP contribution is -2.23. The topological polar surface area (TPSA) is 17.1 Å². The lowest BCUT2D eigenvalue weighted by atomic mass is 9.52. The van der Waals surface area contributed by atoms with E-state index in [0.717, 1.165) is 17.8 Å². The number of rotatable bonds is 6. The molecule has 20 heavy (non-hydrogen) atoms. The van der Waals surface area contributed by atoms with Crippen molar-refractivity contribution < 1.29 is 4.79 Å². The Morgan fingerprint density at radius 3 is 1.80 bits per heavy atom. The van der Waals surface area contributed by atoms with Gasteiger partial charge in [-0.1, -0.05) is 85.4 Å². The molecule has 1 rings (SSSR count). The fourth-order valence-corrected chi connectivity index (χ4v) is 2.96. The van der Waals surface area contributed by atoms with Crippen LogP contribution in [0.1, 0.15) is 80.6 Å². The molecule has 0 aromatic heterocycles. The van der Waals surface area contributed by atoms with Crippen LogP contribution in [0.5, 0.6) is 0 Å². The smallest absolute Gasteiger partial charge is 0.205 e. The van der Waals surface area contributed by atoms with Gasteiger partial charge < -0.3 is 4.79 Å². The zero-order valence-electron chi connectivity index (χ0n) is 14.9. The number of hydrogen-bond donors (Lipinski definition) is 0. The lowest BCUT2D eigenvalue weighted by molar-refractivity contribution is -0.110. The van der Waals surface area contributed by atoms with Gasteiger partial charge in [0.25, 0.3) is 0 Å². The molecule has 0 N–H and O–H groups in total. The van der Waals surface area contributed by atoms with Crippen molar-refractivity contribution in [3.8, 4) is 0 Å². The molecule has 0 heterocycles. The van der Waals surface area contributed by atoms with Crippen molar-refractivity contribution in [2.24, 2.45) is 23.7 Å². The van der Waals surface area contributed by atoms with E-state index in [2.05, 4.69) is 41.5 Å². The fourth-order valence-electron chi connectivity index (χ4n) is 2.96. The van der Waals surface area contributed by atoms with Crippen molar-refractivity contribution >= 4 is 13.0 Å². The molecule has 117 valence electrons. The third-order valence-electron chi connectivity index (χ3n) is 4.92. The van der Waals surface area contributed by atoms with Gasteiger partial charge in [0, 0.05) is 0 Å². The Morgan fingerprint density at radius 2 is 1.55 bits per heavy atom. The summed E-state index contributed by atoms with van der Waals surface area (Å²) in [7, 11) is 1.95. The van der Waals surface area contributed by atoms with Crippen LogP contribution in [0.25, 0.3) is 0 Å². The fraction of sp³-hybridized carbons (Fsp3) is 0.944. The molecule has 0 bridgehead atoms. The first-order valence-corrected chi connectivity index (χ1v) is 8.64. The molecule has 1 fully saturated rings. The highest BCUT2D eigenvalue weighted by Crippen LogP contribution is 2.38. The first-order chi connectivity index (χ1) is 9.29. The maximum absolute atomic E-state index is 11.1. The summed E-state index contributed by atoms with van der Waals surface area (Å²) in [6.07, 6.45) is 6.69. The van der Waals surface area contributed by atoms with Gasteiger partial charge in [-0.25, -0.2) is 0 Å². The molecule has 1 saturated carbocycles. The predicted molar refractivity (Wildman–Crippen MR) is 91.3 cm³/mol. The van der Waals surface area contributed by atoms with E-state index in [4.69, 9.17) is 0 Å². The van der Waals surface area contributed by atoms with Crippen LogP contribution >= 0.6 is 0 Å². The molecular weight excluding hydrogens is 243 g/mol. The highest BCUT2D eigenvalue weighted by atomic mass is 16.1. The van der Waals surface area contributed by atoms with E-state index in [0.29, 0.717) is 11.7 Å². The summed E-state index contributed by atoms with van der Waals surface area (Å²) in [5.74, 6) is 3.70. The average Bonchev–Trinajstić information content (AvgIpc) is 2.88. The Balaban J connectivity index is 0.000000441. The standard InChI is InChI=1S/C11H20BO.C7H16/c1-8(2)11(12-9(3)13)10-6-4-5-7-10;1-5-7(4)6(2)3/h8,10-11H,4-7H2,1-3H3;6-7H,5H2,1-4H3. The summed E-state index contributed by atoms with van der Waals surface area (Å²) in [6, 6.07) is 0. The Hall–Kier alpha value is -0.265. The maximum Gasteiger partial charge on any atom is 0.205 e. The Bertz CT molecular complexity index is 254. The van der Waals surface area contributed by atoms with Crippen LogP contribution in [-0.2, 0) is 4.79 Å². The zero-order chi connectivity index (χ0) is 15.7. The summed E-state index contributed by atoms with van der Waals surface area (Å²) in [5.41, 5.74) is 0.241. The number of hydrogen-bond acceptors (Lipinski definition) is 1. The molecule has 0 aromatic rings. The van der Waals surface area contributed by atoms with Crippen LogP contribution in [0.4, 0.5) is 0 Å². The Morgan fingerprint density at radius 1 is 1.05 bits per heavy atom. The molecule has 0 spiro atoms. The summed E-state index contributed by atoms with van der Waals surface area (Å²) in [6.45, 7) is 15.2. The first-order valence-electron chi connectivity index (χ1n) is 8.64. The van der Waals surface area contributed by atoms with E-state index in [-0.39, 0.29) is 5.68 Å². The molecule has 1 aliphatic rings. The summed E-state index contributed by atoms with van der Waals surface area (Å²) in [5, 5.41) is 0. The van der Waals surface area contributed by atoms with Crippen LogP contribution in [0.2, 0.25) is 5.82 Å². The minimum absolute atomic E-state index is 0.241. The summed E-state index contributed by atoms with van der Waals surface area (Å²) < 4.78 is 0. The van der Waals surface area contributed by atoms with Crippen LogP contribution in [-0.4, -0.2) is 13.0 Å². The Kier molecular flexibility index (Phi) is 10.3. The highest BCUT2D eigenvalue weighted by molar-refractivity contribution is 6.74. The monoisotopic (exact) mass is 279 g/mol. The van der Waals surface area contributed by atoms with E-state index in [1.54, 1.807) is 6.92 Å². The van der Waals surface area contributed by atoms with E-state index < -0.39 is 0 Å². The van der Waals surface area contributed by atoms with Crippen molar-refractivity contribution in [2.75, 3.05) is 0 Å². The molecule has 0 aliphatic heterocycles. The van der Waals surface area contributed by atoms with Crippen molar-refractivity contribution in [2.45, 2.75) is 86.4 Å². The van der Waals surface area contributed by atoms with Gasteiger partial charge in [0.15, 0.2) is 0 Å². The van der Waals surface area contributed by atoms with Gasteiger partial charge in [-0.05, 0) is 24.7 Å². The molecule has 1 aliphatic carbocycles. The van der Waals surface area contributed by atoms with E-state index in [1.165, 1.54) is 32.1 Å². The average molecular weight is 279 g/mol. The molecule has 0 amide bonds. The van der Waals surface area contributed by atoms with Crippen LogP contribution in [0, 0.1) is 23.7 Å². The summed E-state index contributed by atoms with van der Waals surface area (Å²) in [4.78, 5) is 11.1. The van der Waals surface area contributed by atoms with Gasteiger partial charge in [-0.3, -0.25) is 0 Å². The molecule has 1 radical (unpaired) electrons. The van der Waals surface area contributed by atoms with Crippen molar-refractivity contribution in [1.82, 2.24) is 0 Å². The first kappa shape index (κ1) is 19.7. The minimum Gasteiger partial charge on any atom is -0.312 e. The van der Waals surface area contributed by atoms with Crippen LogP contribution in [0.3, 0.4) is 0 Å². The van der Waals surface area contributed by atoms with Crippen molar-refractivity contribution in [3.05, 3.63) is 0 Å². The van der Waals surface area contributed by atoms with Gasteiger partial charge in [0.2, 0.25) is 7.28 Å². The lowest BCUT2D eigenvalue weighted by Gasteiger charge is -2.25. The second kappa shape index (κ2) is 10.5. The molecule has 0 aromatic carbocycles. The van der Waals surface area contributed by atoms with E-state index >= 15 is 0 Å². The third-order valence-corrected chi connectivity index (χ3v) is 4.92. The van der Waals surface area contributed by atoms with Crippen LogP contribution in [0.15, 0.2) is 0 Å². The SMILES string of the molecule is CC(=O)[B]C(C(C)C)C1CCCC1.CCC(C)C(C)C. The van der Waals surface area contributed by atoms with Gasteiger partial charge in [-0.2, -0.15) is 0 Å². The predicted octanol–water partition coefficient (Wildman–Crippen LogP) is 5.56. The third kappa shape index (κ3) is 8.12. The normalized spacial score (nSPS) is 18.6. The van der Waals surface area contributed by atoms with Gasteiger partial charge in [-0.15, -0.1) is 0 Å². The molecule has 2 heteroatoms. The summed E-state index contributed by atoms with van der Waals surface area (Å²) >= 11 is 0. The van der Waals surface area contributed by atoms with E-state index in [1.807, 2.05) is 7.28 Å². The molecule has 2 unspecified atom stereocenters. The van der Waals surface area contributed by atoms with Crippen LogP contribution < -0.4 is 0 Å². The van der Waals surface area contributed by atoms with Crippen molar-refractivity contribution in [3.63, 3.8) is 0 Å². The second-order valence-electron chi connectivity index (χ2n) is 7.27. The van der Waals surface area contributed by atoms with Gasteiger partial charge >= 0.3 is 0 Å². The zero-order valence-corrected chi connectivity index (χ0v) is 14.9. The quantitative estimate of drug-likeness (QED) is 0.582. The molecule has 0 saturated heterocycles. The molecule has 2 atom stereocenters. The highest BCUT2D eigenvalue weighted by Gasteiger charge is 2.28. The number of carbonyl (C=O) groups is 1. The second-order valence-corrected chi connectivity index (χ2v) is 7.27. The number of carbonyl (C=O) groups excluding carboxylic acids is 1. The van der Waals surface area contributed by atoms with Gasteiger partial charge in [0.1, 0.15) is 0 Å².